The van der Waals surface area contributed by atoms with Crippen LogP contribution in [0, 0.1) is 11.8 Å². The highest BCUT2D eigenvalue weighted by atomic mass is 35.5. The number of thiophene rings is 1. The Morgan fingerprint density at radius 3 is 2.79 bits per heavy atom. The highest BCUT2D eigenvalue weighted by Gasteiger charge is 2.39. The SMILES string of the molecule is NC(=O)CCCC=CC[C@@H]1[C@@H](C=C[C@@H](O)CCc2ccc(Cl)s2)[C@H](O)C[C@@H]1O. The molecule has 5 N–H and O–H groups in total. The van der Waals surface area contributed by atoms with E-state index in [-0.39, 0.29) is 17.7 Å². The van der Waals surface area contributed by atoms with Gasteiger partial charge >= 0.3 is 0 Å². The number of primary amides is 1. The number of aliphatic hydroxyl groups is 3. The molecule has 0 saturated heterocycles. The number of hydrogen-bond acceptors (Lipinski definition) is 5. The van der Waals surface area contributed by atoms with E-state index in [2.05, 4.69) is 0 Å². The Morgan fingerprint density at radius 2 is 2.11 bits per heavy atom. The number of unbranched alkanes of at least 4 members (excludes halogenated alkanes) is 1. The van der Waals surface area contributed by atoms with Gasteiger partial charge in [0.25, 0.3) is 0 Å². The number of hydrogen-bond donors (Lipinski definition) is 4. The van der Waals surface area contributed by atoms with Crippen LogP contribution in [0.2, 0.25) is 4.34 Å². The summed E-state index contributed by atoms with van der Waals surface area (Å²) in [5, 5.41) is 30.8. The van der Waals surface area contributed by atoms with Gasteiger partial charge in [-0.05, 0) is 50.2 Å². The van der Waals surface area contributed by atoms with Crippen LogP contribution in [0.5, 0.6) is 0 Å². The molecule has 28 heavy (non-hydrogen) atoms. The van der Waals surface area contributed by atoms with Gasteiger partial charge in [0, 0.05) is 23.6 Å². The Kier molecular flexibility index (Phi) is 9.68. The number of nitrogens with two attached hydrogens (primary N) is 1. The van der Waals surface area contributed by atoms with Gasteiger partial charge < -0.3 is 21.1 Å². The van der Waals surface area contributed by atoms with Crippen molar-refractivity contribution in [2.75, 3.05) is 0 Å². The molecule has 0 radical (unpaired) electrons. The van der Waals surface area contributed by atoms with E-state index in [1.165, 1.54) is 11.3 Å². The quantitative estimate of drug-likeness (QED) is 0.321. The lowest BCUT2D eigenvalue weighted by Gasteiger charge is -2.19. The molecule has 2 rings (SSSR count). The van der Waals surface area contributed by atoms with Crippen LogP contribution in [0.3, 0.4) is 0 Å². The largest absolute Gasteiger partial charge is 0.393 e. The normalized spacial score (nSPS) is 26.4. The summed E-state index contributed by atoms with van der Waals surface area (Å²) in [6.07, 6.45) is 9.95. The molecule has 7 heteroatoms. The Hall–Kier alpha value is -1.18. The van der Waals surface area contributed by atoms with Crippen molar-refractivity contribution in [2.24, 2.45) is 17.6 Å². The van der Waals surface area contributed by atoms with Crippen molar-refractivity contribution < 1.29 is 20.1 Å². The number of halogens is 1. The van der Waals surface area contributed by atoms with Crippen LogP contribution in [-0.2, 0) is 11.2 Å². The monoisotopic (exact) mass is 427 g/mol. The van der Waals surface area contributed by atoms with Crippen molar-refractivity contribution in [3.63, 3.8) is 0 Å². The van der Waals surface area contributed by atoms with Crippen molar-refractivity contribution in [3.8, 4) is 0 Å². The summed E-state index contributed by atoms with van der Waals surface area (Å²) < 4.78 is 0.744. The average molecular weight is 428 g/mol. The summed E-state index contributed by atoms with van der Waals surface area (Å²) in [6.45, 7) is 0. The Balaban J connectivity index is 1.81. The molecule has 1 fully saturated rings. The first-order valence-electron chi connectivity index (χ1n) is 9.77. The van der Waals surface area contributed by atoms with Gasteiger partial charge in [-0.15, -0.1) is 11.3 Å². The molecule has 1 aromatic heterocycles. The summed E-state index contributed by atoms with van der Waals surface area (Å²) in [7, 11) is 0. The first-order valence-corrected chi connectivity index (χ1v) is 11.0. The molecule has 0 unspecified atom stereocenters. The standard InChI is InChI=1S/C21H30ClNO4S/c22-20-12-10-15(28-20)9-7-14(24)8-11-17-16(18(25)13-19(17)26)5-3-1-2-4-6-21(23)27/h1,3,8,10-12,14,16-19,24-26H,2,4-7,9,13H2,(H2,23,27)/t14-,16+,17+,18-,19+/m0/s1. The van der Waals surface area contributed by atoms with Gasteiger partial charge in [-0.25, -0.2) is 0 Å². The van der Waals surface area contributed by atoms with Gasteiger partial charge in [0.05, 0.1) is 22.6 Å². The van der Waals surface area contributed by atoms with E-state index in [9.17, 15) is 20.1 Å². The molecule has 0 aliphatic heterocycles. The third kappa shape index (κ3) is 7.68. The lowest BCUT2D eigenvalue weighted by Crippen LogP contribution is -2.20. The minimum Gasteiger partial charge on any atom is -0.393 e. The molecule has 1 saturated carbocycles. The number of carbonyl (C=O) groups excluding carboxylic acids is 1. The van der Waals surface area contributed by atoms with E-state index in [0.717, 1.165) is 22.1 Å². The van der Waals surface area contributed by atoms with Crippen molar-refractivity contribution in [2.45, 2.75) is 63.3 Å². The number of allylic oxidation sites excluding steroid dienone is 2. The smallest absolute Gasteiger partial charge is 0.217 e. The minimum absolute atomic E-state index is 0.0815. The van der Waals surface area contributed by atoms with Crippen molar-refractivity contribution in [3.05, 3.63) is 45.7 Å². The molecular formula is C21H30ClNO4S. The molecule has 1 aliphatic carbocycles. The molecule has 5 nitrogen and oxygen atoms in total. The van der Waals surface area contributed by atoms with E-state index < -0.39 is 18.3 Å². The summed E-state index contributed by atoms with van der Waals surface area (Å²) in [6, 6.07) is 3.82. The van der Waals surface area contributed by atoms with E-state index >= 15 is 0 Å². The first-order chi connectivity index (χ1) is 13.4. The maximum Gasteiger partial charge on any atom is 0.217 e. The minimum atomic E-state index is -0.609. The highest BCUT2D eigenvalue weighted by molar-refractivity contribution is 7.16. The van der Waals surface area contributed by atoms with Crippen LogP contribution < -0.4 is 5.73 Å². The molecular weight excluding hydrogens is 398 g/mol. The molecule has 1 heterocycles. The van der Waals surface area contributed by atoms with Gasteiger partial charge in [-0.1, -0.05) is 35.9 Å². The van der Waals surface area contributed by atoms with Crippen molar-refractivity contribution in [1.82, 2.24) is 0 Å². The molecule has 156 valence electrons. The predicted octanol–water partition coefficient (Wildman–Crippen LogP) is 3.21. The zero-order chi connectivity index (χ0) is 20.5. The Bertz CT molecular complexity index is 675. The molecule has 0 spiro atoms. The molecule has 1 aromatic rings. The van der Waals surface area contributed by atoms with E-state index in [4.69, 9.17) is 17.3 Å². The van der Waals surface area contributed by atoms with Gasteiger partial charge in [0.15, 0.2) is 0 Å². The van der Waals surface area contributed by atoms with E-state index in [1.54, 1.807) is 6.08 Å². The summed E-state index contributed by atoms with van der Waals surface area (Å²) >= 11 is 7.43. The fourth-order valence-electron chi connectivity index (χ4n) is 3.60. The van der Waals surface area contributed by atoms with Gasteiger partial charge in [-0.2, -0.15) is 0 Å². The van der Waals surface area contributed by atoms with Crippen molar-refractivity contribution >= 4 is 28.8 Å². The number of amides is 1. The maximum atomic E-state index is 10.7. The molecule has 1 amide bonds. The maximum absolute atomic E-state index is 10.7. The topological polar surface area (TPSA) is 104 Å². The zero-order valence-corrected chi connectivity index (χ0v) is 17.5. The predicted molar refractivity (Wildman–Crippen MR) is 113 cm³/mol. The van der Waals surface area contributed by atoms with Crippen LogP contribution in [0.15, 0.2) is 36.4 Å². The number of aliphatic hydroxyl groups excluding tert-OH is 3. The number of aryl methyl sites for hydroxylation is 1. The first kappa shape index (κ1) is 23.1. The van der Waals surface area contributed by atoms with Crippen LogP contribution >= 0.6 is 22.9 Å². The van der Waals surface area contributed by atoms with Crippen LogP contribution in [-0.4, -0.2) is 39.5 Å². The average Bonchev–Trinajstić information content (AvgIpc) is 3.16. The van der Waals surface area contributed by atoms with Crippen molar-refractivity contribution in [1.29, 1.82) is 0 Å². The van der Waals surface area contributed by atoms with Crippen LogP contribution in [0.1, 0.15) is 43.4 Å². The molecule has 1 aliphatic rings. The fourth-order valence-corrected chi connectivity index (χ4v) is 4.70. The second-order valence-corrected chi connectivity index (χ2v) is 9.17. The van der Waals surface area contributed by atoms with Gasteiger partial charge in [-0.3, -0.25) is 4.79 Å². The second-order valence-electron chi connectivity index (χ2n) is 7.37. The lowest BCUT2D eigenvalue weighted by molar-refractivity contribution is -0.118. The molecule has 0 aromatic carbocycles. The zero-order valence-electron chi connectivity index (χ0n) is 15.9. The second kappa shape index (κ2) is 11.7. The van der Waals surface area contributed by atoms with Gasteiger partial charge in [0.2, 0.25) is 5.91 Å². The number of carbonyl (C=O) groups is 1. The lowest BCUT2D eigenvalue weighted by atomic mass is 9.89. The fraction of sp³-hybridized carbons (Fsp3) is 0.571. The number of rotatable bonds is 11. The molecule has 5 atom stereocenters. The van der Waals surface area contributed by atoms with Crippen LogP contribution in [0.25, 0.3) is 0 Å². The van der Waals surface area contributed by atoms with Crippen LogP contribution in [0.4, 0.5) is 0 Å². The summed E-state index contributed by atoms with van der Waals surface area (Å²) in [5.41, 5.74) is 5.11. The Labute approximate surface area is 175 Å². The third-order valence-electron chi connectivity index (χ3n) is 5.16. The van der Waals surface area contributed by atoms with Gasteiger partial charge in [0.1, 0.15) is 0 Å². The molecule has 0 bridgehead atoms. The summed E-state index contributed by atoms with van der Waals surface area (Å²) in [4.78, 5) is 11.9. The van der Waals surface area contributed by atoms with E-state index in [1.807, 2.05) is 30.4 Å². The summed E-state index contributed by atoms with van der Waals surface area (Å²) in [5.74, 6) is -0.563. The Morgan fingerprint density at radius 1 is 1.32 bits per heavy atom. The van der Waals surface area contributed by atoms with E-state index in [0.29, 0.717) is 32.1 Å². The third-order valence-corrected chi connectivity index (χ3v) is 6.45. The highest BCUT2D eigenvalue weighted by Crippen LogP contribution is 2.36.